The van der Waals surface area contributed by atoms with Crippen molar-refractivity contribution < 1.29 is 17.9 Å². The summed E-state index contributed by atoms with van der Waals surface area (Å²) in [6.45, 7) is 0. The van der Waals surface area contributed by atoms with E-state index >= 15 is 0 Å². The highest BCUT2D eigenvalue weighted by molar-refractivity contribution is 7.92. The minimum atomic E-state index is -3.39. The van der Waals surface area contributed by atoms with Gasteiger partial charge < -0.3 is 9.47 Å². The number of nitrogens with zero attached hydrogens (tertiary/aromatic N) is 1. The van der Waals surface area contributed by atoms with Crippen molar-refractivity contribution in [2.24, 2.45) is 0 Å². The molecule has 1 aromatic heterocycles. The SMILES string of the molecule is COc1cncc(OC2CC2)c1NS(C)(=O)=O. The van der Waals surface area contributed by atoms with Crippen LogP contribution in [0, 0.1) is 0 Å². The third-order valence-corrected chi connectivity index (χ3v) is 2.78. The lowest BCUT2D eigenvalue weighted by molar-refractivity contribution is 0.301. The highest BCUT2D eigenvalue weighted by Gasteiger charge is 2.26. The molecule has 17 heavy (non-hydrogen) atoms. The molecule has 0 amide bonds. The molecule has 2 rings (SSSR count). The van der Waals surface area contributed by atoms with Crippen molar-refractivity contribution in [1.29, 1.82) is 0 Å². The quantitative estimate of drug-likeness (QED) is 0.852. The predicted octanol–water partition coefficient (Wildman–Crippen LogP) is 1.00. The van der Waals surface area contributed by atoms with Crippen LogP contribution in [-0.4, -0.2) is 32.9 Å². The Morgan fingerprint density at radius 1 is 1.35 bits per heavy atom. The summed E-state index contributed by atoms with van der Waals surface area (Å²) < 4.78 is 35.6. The van der Waals surface area contributed by atoms with Crippen LogP contribution < -0.4 is 14.2 Å². The first-order chi connectivity index (χ1) is 7.99. The fraction of sp³-hybridized carbons (Fsp3) is 0.500. The van der Waals surface area contributed by atoms with Crippen molar-refractivity contribution in [2.75, 3.05) is 18.1 Å². The number of methoxy groups -OCH3 is 1. The maximum Gasteiger partial charge on any atom is 0.230 e. The van der Waals surface area contributed by atoms with Crippen molar-refractivity contribution in [3.63, 3.8) is 0 Å². The third-order valence-electron chi connectivity index (χ3n) is 2.20. The first kappa shape index (κ1) is 12.0. The van der Waals surface area contributed by atoms with Gasteiger partial charge in [-0.15, -0.1) is 0 Å². The van der Waals surface area contributed by atoms with Crippen LogP contribution in [0.5, 0.6) is 11.5 Å². The van der Waals surface area contributed by atoms with E-state index in [0.29, 0.717) is 17.2 Å². The summed E-state index contributed by atoms with van der Waals surface area (Å²) >= 11 is 0. The molecule has 1 saturated carbocycles. The van der Waals surface area contributed by atoms with Crippen LogP contribution in [0.25, 0.3) is 0 Å². The Morgan fingerprint density at radius 2 is 2.00 bits per heavy atom. The zero-order chi connectivity index (χ0) is 12.5. The summed E-state index contributed by atoms with van der Waals surface area (Å²) in [5.74, 6) is 0.742. The Morgan fingerprint density at radius 3 is 2.53 bits per heavy atom. The second-order valence-corrected chi connectivity index (χ2v) is 5.65. The first-order valence-electron chi connectivity index (χ1n) is 5.16. The molecule has 0 spiro atoms. The number of sulfonamides is 1. The van der Waals surface area contributed by atoms with Crippen LogP contribution in [0.1, 0.15) is 12.8 Å². The van der Waals surface area contributed by atoms with Gasteiger partial charge in [0.25, 0.3) is 0 Å². The monoisotopic (exact) mass is 258 g/mol. The molecular formula is C10H14N2O4S. The molecular weight excluding hydrogens is 244 g/mol. The van der Waals surface area contributed by atoms with Crippen LogP contribution in [0.2, 0.25) is 0 Å². The van der Waals surface area contributed by atoms with E-state index in [-0.39, 0.29) is 6.10 Å². The normalized spacial score (nSPS) is 15.4. The molecule has 1 aliphatic carbocycles. The smallest absolute Gasteiger partial charge is 0.230 e. The van der Waals surface area contributed by atoms with E-state index in [9.17, 15) is 8.42 Å². The fourth-order valence-corrected chi connectivity index (χ4v) is 1.89. The predicted molar refractivity (Wildman–Crippen MR) is 62.9 cm³/mol. The zero-order valence-corrected chi connectivity index (χ0v) is 10.5. The van der Waals surface area contributed by atoms with Crippen LogP contribution in [0.4, 0.5) is 5.69 Å². The molecule has 0 aromatic carbocycles. The van der Waals surface area contributed by atoms with Gasteiger partial charge in [0.1, 0.15) is 5.69 Å². The van der Waals surface area contributed by atoms with E-state index in [2.05, 4.69) is 9.71 Å². The Hall–Kier alpha value is -1.50. The van der Waals surface area contributed by atoms with Crippen LogP contribution in [0.15, 0.2) is 12.4 Å². The molecule has 1 N–H and O–H groups in total. The van der Waals surface area contributed by atoms with E-state index in [1.54, 1.807) is 0 Å². The lowest BCUT2D eigenvalue weighted by Crippen LogP contribution is -2.12. The number of ether oxygens (including phenoxy) is 2. The van der Waals surface area contributed by atoms with Gasteiger partial charge in [0.05, 0.1) is 31.9 Å². The molecule has 0 aliphatic heterocycles. The zero-order valence-electron chi connectivity index (χ0n) is 9.63. The van der Waals surface area contributed by atoms with Gasteiger partial charge in [0.15, 0.2) is 11.5 Å². The van der Waals surface area contributed by atoms with E-state index in [1.807, 2.05) is 0 Å². The molecule has 1 aromatic rings. The summed E-state index contributed by atoms with van der Waals surface area (Å²) in [6.07, 6.45) is 6.12. The van der Waals surface area contributed by atoms with Gasteiger partial charge in [-0.05, 0) is 12.8 Å². The van der Waals surface area contributed by atoms with Crippen molar-refractivity contribution in [1.82, 2.24) is 4.98 Å². The van der Waals surface area contributed by atoms with E-state index in [0.717, 1.165) is 19.1 Å². The number of pyridine rings is 1. The minimum Gasteiger partial charge on any atom is -0.493 e. The largest absolute Gasteiger partial charge is 0.493 e. The average molecular weight is 258 g/mol. The minimum absolute atomic E-state index is 0.156. The maximum atomic E-state index is 11.3. The standard InChI is InChI=1S/C10H14N2O4S/c1-15-8-5-11-6-9(16-7-3-4-7)10(8)12-17(2,13)14/h5-7H,3-4H2,1-2H3,(H,11,12). The number of hydrogen-bond donors (Lipinski definition) is 1. The summed E-state index contributed by atoms with van der Waals surface area (Å²) in [5, 5.41) is 0. The summed E-state index contributed by atoms with van der Waals surface area (Å²) in [5.41, 5.74) is 0.303. The van der Waals surface area contributed by atoms with Crippen molar-refractivity contribution in [3.05, 3.63) is 12.4 Å². The van der Waals surface area contributed by atoms with E-state index in [4.69, 9.17) is 9.47 Å². The topological polar surface area (TPSA) is 77.5 Å². The molecule has 0 bridgehead atoms. The maximum absolute atomic E-state index is 11.3. The molecule has 0 atom stereocenters. The lowest BCUT2D eigenvalue weighted by Gasteiger charge is -2.14. The van der Waals surface area contributed by atoms with Gasteiger partial charge in [0.2, 0.25) is 10.0 Å². The van der Waals surface area contributed by atoms with E-state index in [1.165, 1.54) is 19.5 Å². The molecule has 1 aliphatic rings. The number of anilines is 1. The molecule has 0 radical (unpaired) electrons. The van der Waals surface area contributed by atoms with Gasteiger partial charge in [0, 0.05) is 0 Å². The Balaban J connectivity index is 2.35. The summed E-state index contributed by atoms with van der Waals surface area (Å²) in [7, 11) is -1.94. The van der Waals surface area contributed by atoms with Crippen LogP contribution in [-0.2, 0) is 10.0 Å². The van der Waals surface area contributed by atoms with Crippen molar-refractivity contribution in [3.8, 4) is 11.5 Å². The molecule has 1 heterocycles. The average Bonchev–Trinajstić information content (AvgIpc) is 3.02. The molecule has 1 fully saturated rings. The second kappa shape index (κ2) is 4.40. The molecule has 0 saturated heterocycles. The summed E-state index contributed by atoms with van der Waals surface area (Å²) in [6, 6.07) is 0. The Kier molecular flexibility index (Phi) is 3.10. The molecule has 6 nitrogen and oxygen atoms in total. The number of hydrogen-bond acceptors (Lipinski definition) is 5. The lowest BCUT2D eigenvalue weighted by atomic mass is 10.3. The Labute approximate surface area is 100 Å². The fourth-order valence-electron chi connectivity index (χ4n) is 1.32. The van der Waals surface area contributed by atoms with Gasteiger partial charge >= 0.3 is 0 Å². The van der Waals surface area contributed by atoms with Gasteiger partial charge in [-0.2, -0.15) is 0 Å². The van der Waals surface area contributed by atoms with Crippen molar-refractivity contribution >= 4 is 15.7 Å². The Bertz CT molecular complexity index is 511. The van der Waals surface area contributed by atoms with Crippen LogP contribution in [0.3, 0.4) is 0 Å². The highest BCUT2D eigenvalue weighted by atomic mass is 32.2. The third kappa shape index (κ3) is 3.23. The summed E-state index contributed by atoms with van der Waals surface area (Å²) in [4.78, 5) is 3.94. The van der Waals surface area contributed by atoms with E-state index < -0.39 is 10.0 Å². The molecule has 94 valence electrons. The molecule has 0 unspecified atom stereocenters. The number of aromatic nitrogens is 1. The second-order valence-electron chi connectivity index (χ2n) is 3.91. The van der Waals surface area contributed by atoms with Crippen molar-refractivity contribution in [2.45, 2.75) is 18.9 Å². The first-order valence-corrected chi connectivity index (χ1v) is 7.05. The molecule has 7 heteroatoms. The van der Waals surface area contributed by atoms with Crippen LogP contribution >= 0.6 is 0 Å². The number of nitrogens with one attached hydrogen (secondary N) is 1. The number of rotatable bonds is 5. The van der Waals surface area contributed by atoms with Gasteiger partial charge in [-0.25, -0.2) is 8.42 Å². The van der Waals surface area contributed by atoms with Gasteiger partial charge in [-0.3, -0.25) is 9.71 Å². The van der Waals surface area contributed by atoms with Gasteiger partial charge in [-0.1, -0.05) is 0 Å². The highest BCUT2D eigenvalue weighted by Crippen LogP contribution is 2.37.